The van der Waals surface area contributed by atoms with Gasteiger partial charge in [-0.25, -0.2) is 9.37 Å². The lowest BCUT2D eigenvalue weighted by atomic mass is 9.92. The fraction of sp³-hybridized carbons (Fsp3) is 0.474. The largest absolute Gasteiger partial charge is 0.508 e. The number of aliphatic hydroxyl groups excluding tert-OH is 1. The Balaban J connectivity index is 0.711. The molecule has 4 aliphatic rings. The highest BCUT2D eigenvalue weighted by Gasteiger charge is 2.39. The fourth-order valence-electron chi connectivity index (χ4n) is 11.8. The molecule has 75 heavy (non-hydrogen) atoms. The van der Waals surface area contributed by atoms with Crippen LogP contribution in [0.2, 0.25) is 0 Å². The molecule has 8 heterocycles. The average molecular weight is 1040 g/mol. The fourth-order valence-corrected chi connectivity index (χ4v) is 12.6. The van der Waals surface area contributed by atoms with E-state index in [0.717, 1.165) is 96.3 Å². The van der Waals surface area contributed by atoms with Gasteiger partial charge in [-0.2, -0.15) is 9.97 Å². The first-order valence-electron chi connectivity index (χ1n) is 26.7. The summed E-state index contributed by atoms with van der Waals surface area (Å²) in [4.78, 5) is 40.3. The van der Waals surface area contributed by atoms with Crippen molar-refractivity contribution in [3.8, 4) is 39.3 Å². The van der Waals surface area contributed by atoms with Crippen LogP contribution in [0.1, 0.15) is 94.3 Å². The zero-order chi connectivity index (χ0) is 51.9. The Labute approximate surface area is 440 Å². The second-order valence-electron chi connectivity index (χ2n) is 21.3. The third-order valence-electron chi connectivity index (χ3n) is 15.9. The number of nitrogens with one attached hydrogen (secondary N) is 2. The first kappa shape index (κ1) is 50.8. The molecule has 4 aliphatic heterocycles. The molecule has 4 aromatic heterocycles. The first-order valence-corrected chi connectivity index (χ1v) is 27.6. The molecule has 0 saturated carbocycles. The zero-order valence-electron chi connectivity index (χ0n) is 43.3. The monoisotopic (exact) mass is 1040 g/mol. The Kier molecular flexibility index (Phi) is 14.7. The predicted molar refractivity (Wildman–Crippen MR) is 288 cm³/mol. The Hall–Kier alpha value is -6.31. The van der Waals surface area contributed by atoms with Crippen LogP contribution in [0.5, 0.6) is 17.6 Å². The van der Waals surface area contributed by atoms with Crippen LogP contribution >= 0.6 is 11.3 Å². The number of anilines is 1. The van der Waals surface area contributed by atoms with Crippen molar-refractivity contribution in [1.29, 1.82) is 0 Å². The summed E-state index contributed by atoms with van der Waals surface area (Å²) in [6.07, 6.45) is 5.80. The number of benzene rings is 3. The summed E-state index contributed by atoms with van der Waals surface area (Å²) in [5, 5.41) is 35.0. The summed E-state index contributed by atoms with van der Waals surface area (Å²) in [6.45, 7) is 15.2. The summed E-state index contributed by atoms with van der Waals surface area (Å²) in [6, 6.07) is 19.4. The first-order chi connectivity index (χ1) is 36.3. The molecular formula is C57H67FN10O6S. The lowest BCUT2D eigenvalue weighted by Crippen LogP contribution is -2.51. The van der Waals surface area contributed by atoms with E-state index in [0.29, 0.717) is 73.2 Å². The molecule has 16 nitrogen and oxygen atoms in total. The van der Waals surface area contributed by atoms with E-state index >= 15 is 4.39 Å². The molecule has 3 aromatic carbocycles. The summed E-state index contributed by atoms with van der Waals surface area (Å²) >= 11 is 1.62. The van der Waals surface area contributed by atoms with E-state index in [1.165, 1.54) is 0 Å². The smallest absolute Gasteiger partial charge is 0.319 e. The number of fused-ring (bicyclic) bond motifs is 4. The number of carbonyl (C=O) groups excluding carboxylic acids is 1. The molecular weight excluding hydrogens is 972 g/mol. The van der Waals surface area contributed by atoms with Crippen LogP contribution in [-0.4, -0.2) is 134 Å². The highest BCUT2D eigenvalue weighted by molar-refractivity contribution is 7.13. The number of piperazine rings is 1. The molecule has 1 amide bonds. The van der Waals surface area contributed by atoms with Crippen molar-refractivity contribution < 1.29 is 33.4 Å². The number of nitrogens with zero attached hydrogens (tertiary/aromatic N) is 8. The molecule has 4 saturated heterocycles. The number of rotatable bonds is 17. The maximum absolute atomic E-state index is 17.1. The Morgan fingerprint density at radius 2 is 1.79 bits per heavy atom. The average Bonchev–Trinajstić information content (AvgIpc) is 4.22. The number of aromatic nitrogens is 5. The molecule has 18 heteroatoms. The number of likely N-dealkylation sites (tertiary alicyclic amines) is 2. The zero-order valence-corrected chi connectivity index (χ0v) is 44.2. The lowest BCUT2D eigenvalue weighted by molar-refractivity contribution is -0.126. The van der Waals surface area contributed by atoms with Gasteiger partial charge in [0.25, 0.3) is 5.88 Å². The van der Waals surface area contributed by atoms with E-state index in [-0.39, 0.29) is 52.9 Å². The van der Waals surface area contributed by atoms with E-state index < -0.39 is 18.0 Å². The van der Waals surface area contributed by atoms with Gasteiger partial charge in [0.1, 0.15) is 41.2 Å². The van der Waals surface area contributed by atoms with Crippen LogP contribution in [0.3, 0.4) is 0 Å². The highest BCUT2D eigenvalue weighted by atomic mass is 32.1. The molecule has 11 rings (SSSR count). The van der Waals surface area contributed by atoms with Crippen molar-refractivity contribution in [2.75, 3.05) is 57.3 Å². The van der Waals surface area contributed by atoms with Gasteiger partial charge in [-0.3, -0.25) is 19.6 Å². The number of β-amino-alcohol motifs (C(OH)–C–C–N with tert-alkyl or cyclic N) is 1. The van der Waals surface area contributed by atoms with Gasteiger partial charge < -0.3 is 39.7 Å². The number of aryl methyl sites for hydroxylation is 2. The second kappa shape index (κ2) is 21.7. The third kappa shape index (κ3) is 10.8. The van der Waals surface area contributed by atoms with Gasteiger partial charge in [0.2, 0.25) is 5.91 Å². The molecule has 2 bridgehead atoms. The van der Waals surface area contributed by atoms with Crippen LogP contribution < -0.4 is 25.0 Å². The number of thiazole rings is 1. The normalized spacial score (nSPS) is 21.4. The van der Waals surface area contributed by atoms with Crippen molar-refractivity contribution in [2.45, 2.75) is 115 Å². The number of hydrogen-bond donors (Lipinski definition) is 4. The Bertz CT molecular complexity index is 3150. The van der Waals surface area contributed by atoms with Gasteiger partial charge >= 0.3 is 6.01 Å². The van der Waals surface area contributed by atoms with E-state index in [9.17, 15) is 15.0 Å². The molecule has 394 valence electrons. The van der Waals surface area contributed by atoms with E-state index in [1.54, 1.807) is 29.7 Å². The quantitative estimate of drug-likeness (QED) is 0.0679. The Morgan fingerprint density at radius 1 is 1.00 bits per heavy atom. The summed E-state index contributed by atoms with van der Waals surface area (Å²) in [5.74, 6) is 1.17. The van der Waals surface area contributed by atoms with Crippen LogP contribution in [0.15, 0.2) is 76.9 Å². The number of carbonyl (C=O) groups is 1. The number of ether oxygens (including phenoxy) is 2. The minimum Gasteiger partial charge on any atom is -0.508 e. The Morgan fingerprint density at radius 3 is 2.52 bits per heavy atom. The molecule has 4 N–H and O–H groups in total. The maximum atomic E-state index is 17.1. The summed E-state index contributed by atoms with van der Waals surface area (Å²) in [7, 11) is 0. The standard InChI is InChI=1S/C57H67FN10O6S/c1-6-35-8-7-9-38-22-41(69)23-44(50(35)38)52-51(58)53-45(26-59-52)55(68-27-39-14-15-40(28-68)62-39)64-57(63-53)72-21-20-66-18-16-43(17-19-66)73-49-25-48(74-65-49)46(32(2)3)30-67-29-42(70)24-47(67)56(71)61-33(4)36-10-12-37(13-11-36)54-34(5)60-31-75-54/h7-13,22-23,25-26,31-33,39-40,42-43,46-47,62,69-70H,6,14-21,24,27-30H2,1-5H3,(H,61,71)/t33-,39?,40?,42+,46+,47-/m0/s1. The molecule has 0 radical (unpaired) electrons. The lowest BCUT2D eigenvalue weighted by Gasteiger charge is -2.34. The maximum Gasteiger partial charge on any atom is 0.319 e. The van der Waals surface area contributed by atoms with Gasteiger partial charge in [0, 0.05) is 81.6 Å². The molecule has 6 atom stereocenters. The van der Waals surface area contributed by atoms with E-state index in [1.807, 2.05) is 43.6 Å². The minimum absolute atomic E-state index is 0.0373. The number of aliphatic hydroxyl groups is 1. The third-order valence-corrected chi connectivity index (χ3v) is 16.9. The summed E-state index contributed by atoms with van der Waals surface area (Å²) in [5.41, 5.74) is 6.78. The number of phenols is 1. The van der Waals surface area contributed by atoms with Gasteiger partial charge in [0.15, 0.2) is 5.82 Å². The number of phenolic OH excluding ortho intramolecular Hbond substituents is 1. The van der Waals surface area contributed by atoms with Gasteiger partial charge in [0.05, 0.1) is 39.7 Å². The second-order valence-corrected chi connectivity index (χ2v) is 22.2. The van der Waals surface area contributed by atoms with Crippen LogP contribution in [0.25, 0.3) is 43.4 Å². The van der Waals surface area contributed by atoms with Gasteiger partial charge in [-0.15, -0.1) is 11.3 Å². The highest BCUT2D eigenvalue weighted by Crippen LogP contribution is 2.40. The minimum atomic E-state index is -0.612. The molecule has 4 fully saturated rings. The van der Waals surface area contributed by atoms with Crippen LogP contribution in [-0.2, 0) is 11.2 Å². The SMILES string of the molecule is CCc1cccc2cc(O)cc(-c3ncc4c(N5CC6CCC(C5)N6)nc(OCCN5CCC(Oc6cc([C@H](CN7C[C@H](O)C[C@H]7C(=O)N[C@@H](C)c7ccc(-c8scnc8C)cc7)C(C)C)on6)CC5)nc4c3F)c12. The number of halogens is 1. The molecule has 7 aromatic rings. The van der Waals surface area contributed by atoms with Gasteiger partial charge in [-0.1, -0.05) is 63.2 Å². The molecule has 0 aliphatic carbocycles. The summed E-state index contributed by atoms with van der Waals surface area (Å²) < 4.78 is 35.8. The topological polar surface area (TPSA) is 187 Å². The number of aromatic hydroxyl groups is 1. The van der Waals surface area contributed by atoms with Crippen molar-refractivity contribution in [3.05, 3.63) is 101 Å². The van der Waals surface area contributed by atoms with Crippen molar-refractivity contribution in [1.82, 2.24) is 45.5 Å². The predicted octanol–water partition coefficient (Wildman–Crippen LogP) is 8.59. The molecule has 0 spiro atoms. The number of piperidine rings is 1. The van der Waals surface area contributed by atoms with Crippen LogP contribution in [0.4, 0.5) is 10.2 Å². The number of hydrogen-bond acceptors (Lipinski definition) is 16. The number of pyridine rings is 1. The van der Waals surface area contributed by atoms with Crippen molar-refractivity contribution in [3.63, 3.8) is 0 Å². The number of amides is 1. The molecule has 2 unspecified atom stereocenters. The van der Waals surface area contributed by atoms with E-state index in [2.05, 4.69) is 80.5 Å². The van der Waals surface area contributed by atoms with Crippen LogP contribution in [0, 0.1) is 18.7 Å². The van der Waals surface area contributed by atoms with Gasteiger partial charge in [-0.05, 0) is 103 Å². The van der Waals surface area contributed by atoms with Crippen molar-refractivity contribution >= 4 is 44.7 Å². The van der Waals surface area contributed by atoms with Crippen molar-refractivity contribution in [2.24, 2.45) is 5.92 Å². The van der Waals surface area contributed by atoms with E-state index in [4.69, 9.17) is 28.9 Å².